The van der Waals surface area contributed by atoms with Crippen LogP contribution < -0.4 is 14.8 Å². The third-order valence-electron chi connectivity index (χ3n) is 7.11. The Balaban J connectivity index is 1.19. The molecule has 1 aromatic heterocycles. The summed E-state index contributed by atoms with van der Waals surface area (Å²) in [4.78, 5) is 24.0. The number of amides is 1. The third kappa shape index (κ3) is 7.58. The maximum absolute atomic E-state index is 12.4. The maximum atomic E-state index is 12.4. The van der Waals surface area contributed by atoms with Gasteiger partial charge in [0.05, 0.1) is 20.0 Å². The smallest absolute Gasteiger partial charge is 0.230 e. The maximum Gasteiger partial charge on any atom is 0.230 e. The monoisotopic (exact) mass is 498 g/mol. The van der Waals surface area contributed by atoms with Gasteiger partial charge >= 0.3 is 0 Å². The van der Waals surface area contributed by atoms with Crippen molar-refractivity contribution in [1.29, 1.82) is 0 Å². The molecule has 1 atom stereocenters. The summed E-state index contributed by atoms with van der Waals surface area (Å²) in [5.74, 6) is 3.15. The first-order chi connectivity index (χ1) is 17.1. The number of benzene rings is 1. The molecule has 1 aromatic carbocycles. The summed E-state index contributed by atoms with van der Waals surface area (Å²) in [6, 6.07) is 5.71. The van der Waals surface area contributed by atoms with E-state index in [1.807, 2.05) is 18.2 Å². The van der Waals surface area contributed by atoms with Crippen molar-refractivity contribution in [2.75, 3.05) is 46.2 Å². The summed E-state index contributed by atoms with van der Waals surface area (Å²) in [7, 11) is 3.23. The number of nitrogens with zero attached hydrogens (tertiary/aromatic N) is 3. The van der Waals surface area contributed by atoms with Crippen LogP contribution in [0.1, 0.15) is 44.9 Å². The highest BCUT2D eigenvalue weighted by molar-refractivity contribution is 7.99. The molecule has 8 heteroatoms. The van der Waals surface area contributed by atoms with Crippen LogP contribution in [0.3, 0.4) is 0 Å². The first-order valence-electron chi connectivity index (χ1n) is 12.8. The quantitative estimate of drug-likeness (QED) is 0.377. The van der Waals surface area contributed by atoms with E-state index >= 15 is 0 Å². The van der Waals surface area contributed by atoms with Gasteiger partial charge in [0.1, 0.15) is 0 Å². The fraction of sp³-hybridized carbons (Fsp3) is 0.593. The Morgan fingerprint density at radius 3 is 2.49 bits per heavy atom. The number of nitrogens with one attached hydrogen (secondary N) is 1. The van der Waals surface area contributed by atoms with Crippen molar-refractivity contribution in [3.63, 3.8) is 0 Å². The normalized spacial score (nSPS) is 19.3. The number of hydrogen-bond donors (Lipinski definition) is 1. The van der Waals surface area contributed by atoms with E-state index in [1.54, 1.807) is 26.6 Å². The third-order valence-corrected chi connectivity index (χ3v) is 7.99. The lowest BCUT2D eigenvalue weighted by atomic mass is 9.88. The molecule has 2 heterocycles. The number of rotatable bonds is 10. The molecule has 1 aliphatic heterocycles. The average Bonchev–Trinajstić information content (AvgIpc) is 2.91. The number of carbonyl (C=O) groups excluding carboxylic acids is 1. The number of likely N-dealkylation sites (tertiary alicyclic amines) is 1. The van der Waals surface area contributed by atoms with E-state index in [4.69, 9.17) is 9.47 Å². The van der Waals surface area contributed by atoms with Crippen LogP contribution in [0.4, 0.5) is 0 Å². The van der Waals surface area contributed by atoms with Crippen molar-refractivity contribution < 1.29 is 14.3 Å². The van der Waals surface area contributed by atoms with E-state index in [0.717, 1.165) is 30.1 Å². The van der Waals surface area contributed by atoms with E-state index in [2.05, 4.69) is 20.2 Å². The SMILES string of the molecule is COc1ccc(-c2cnc(SCC(=O)NCC3CCCN(CC4CCCCC4)C3)nc2)cc1OC. The van der Waals surface area contributed by atoms with Gasteiger partial charge in [0.15, 0.2) is 16.7 Å². The van der Waals surface area contributed by atoms with Gasteiger partial charge in [0.2, 0.25) is 5.91 Å². The van der Waals surface area contributed by atoms with Crippen LogP contribution in [-0.4, -0.2) is 66.9 Å². The summed E-state index contributed by atoms with van der Waals surface area (Å²) in [6.07, 6.45) is 13.0. The van der Waals surface area contributed by atoms with Gasteiger partial charge in [0, 0.05) is 37.6 Å². The predicted octanol–water partition coefficient (Wildman–Crippen LogP) is 4.66. The van der Waals surface area contributed by atoms with E-state index < -0.39 is 0 Å². The number of methoxy groups -OCH3 is 2. The molecule has 1 saturated carbocycles. The first-order valence-corrected chi connectivity index (χ1v) is 13.8. The zero-order chi connectivity index (χ0) is 24.5. The highest BCUT2D eigenvalue weighted by Gasteiger charge is 2.23. The molecule has 0 bridgehead atoms. The van der Waals surface area contributed by atoms with Gasteiger partial charge in [-0.05, 0) is 61.8 Å². The van der Waals surface area contributed by atoms with Crippen molar-refractivity contribution in [3.8, 4) is 22.6 Å². The number of piperidine rings is 1. The number of ether oxygens (including phenoxy) is 2. The number of carbonyl (C=O) groups is 1. The predicted molar refractivity (Wildman–Crippen MR) is 140 cm³/mol. The standard InChI is InChI=1S/C27H38N4O3S/c1-33-24-11-10-22(13-25(24)34-2)23-15-29-27(30-16-23)35-19-26(32)28-14-21-9-6-12-31(18-21)17-20-7-4-3-5-8-20/h10-11,13,15-16,20-21H,3-9,12,14,17-19H2,1-2H3,(H,28,32). The Labute approximate surface area is 213 Å². The molecule has 190 valence electrons. The molecule has 1 amide bonds. The molecule has 0 radical (unpaired) electrons. The highest BCUT2D eigenvalue weighted by Crippen LogP contribution is 2.32. The zero-order valence-electron chi connectivity index (χ0n) is 21.0. The van der Waals surface area contributed by atoms with Gasteiger partial charge in [-0.2, -0.15) is 0 Å². The van der Waals surface area contributed by atoms with Crippen molar-refractivity contribution in [3.05, 3.63) is 30.6 Å². The van der Waals surface area contributed by atoms with Gasteiger partial charge in [-0.15, -0.1) is 0 Å². The van der Waals surface area contributed by atoms with Gasteiger partial charge in [-0.3, -0.25) is 4.79 Å². The van der Waals surface area contributed by atoms with Crippen LogP contribution in [0, 0.1) is 11.8 Å². The Bertz CT molecular complexity index is 950. The zero-order valence-corrected chi connectivity index (χ0v) is 21.8. The topological polar surface area (TPSA) is 76.6 Å². The summed E-state index contributed by atoms with van der Waals surface area (Å²) in [6.45, 7) is 4.34. The summed E-state index contributed by atoms with van der Waals surface area (Å²) < 4.78 is 10.7. The van der Waals surface area contributed by atoms with Gasteiger partial charge < -0.3 is 19.7 Å². The Morgan fingerprint density at radius 2 is 1.74 bits per heavy atom. The Hall–Kier alpha value is -2.32. The molecule has 1 aliphatic carbocycles. The number of aromatic nitrogens is 2. The molecule has 2 fully saturated rings. The van der Waals surface area contributed by atoms with Crippen LogP contribution in [0.15, 0.2) is 35.7 Å². The molecule has 0 spiro atoms. The molecule has 1 saturated heterocycles. The lowest BCUT2D eigenvalue weighted by Gasteiger charge is -2.36. The molecule has 4 rings (SSSR count). The lowest BCUT2D eigenvalue weighted by molar-refractivity contribution is -0.118. The second-order valence-corrected chi connectivity index (χ2v) is 10.6. The van der Waals surface area contributed by atoms with E-state index in [-0.39, 0.29) is 5.91 Å². The second kappa shape index (κ2) is 13.1. The minimum atomic E-state index is 0.0481. The van der Waals surface area contributed by atoms with E-state index in [0.29, 0.717) is 28.3 Å². The molecule has 2 aromatic rings. The van der Waals surface area contributed by atoms with Crippen LogP contribution >= 0.6 is 11.8 Å². The summed E-state index contributed by atoms with van der Waals surface area (Å²) in [5, 5.41) is 3.74. The van der Waals surface area contributed by atoms with Crippen LogP contribution in [-0.2, 0) is 4.79 Å². The van der Waals surface area contributed by atoms with Gasteiger partial charge in [-0.25, -0.2) is 9.97 Å². The van der Waals surface area contributed by atoms with Crippen molar-refractivity contribution in [1.82, 2.24) is 20.2 Å². The number of hydrogen-bond acceptors (Lipinski definition) is 7. The van der Waals surface area contributed by atoms with Crippen molar-refractivity contribution in [2.45, 2.75) is 50.1 Å². The molecular weight excluding hydrogens is 460 g/mol. The molecule has 1 unspecified atom stereocenters. The van der Waals surface area contributed by atoms with Crippen molar-refractivity contribution in [2.24, 2.45) is 11.8 Å². The largest absolute Gasteiger partial charge is 0.493 e. The number of thioether (sulfide) groups is 1. The lowest BCUT2D eigenvalue weighted by Crippen LogP contribution is -2.43. The van der Waals surface area contributed by atoms with Crippen molar-refractivity contribution >= 4 is 17.7 Å². The fourth-order valence-electron chi connectivity index (χ4n) is 5.21. The minimum Gasteiger partial charge on any atom is -0.493 e. The summed E-state index contributed by atoms with van der Waals surface area (Å²) in [5.41, 5.74) is 1.83. The first kappa shape index (κ1) is 25.8. The van der Waals surface area contributed by atoms with Crippen LogP contribution in [0.2, 0.25) is 0 Å². The second-order valence-electron chi connectivity index (χ2n) is 9.69. The molecule has 7 nitrogen and oxygen atoms in total. The molecule has 2 aliphatic rings. The van der Waals surface area contributed by atoms with Crippen LogP contribution in [0.5, 0.6) is 11.5 Å². The van der Waals surface area contributed by atoms with Gasteiger partial charge in [-0.1, -0.05) is 37.1 Å². The Kier molecular flexibility index (Phi) is 9.66. The van der Waals surface area contributed by atoms with Crippen LogP contribution in [0.25, 0.3) is 11.1 Å². The van der Waals surface area contributed by atoms with E-state index in [9.17, 15) is 4.79 Å². The fourth-order valence-corrected chi connectivity index (χ4v) is 5.83. The molecule has 35 heavy (non-hydrogen) atoms. The van der Waals surface area contributed by atoms with E-state index in [1.165, 1.54) is 69.8 Å². The summed E-state index contributed by atoms with van der Waals surface area (Å²) >= 11 is 1.37. The molecular formula is C27H38N4O3S. The Morgan fingerprint density at radius 1 is 1.00 bits per heavy atom. The van der Waals surface area contributed by atoms with Gasteiger partial charge in [0.25, 0.3) is 0 Å². The molecule has 1 N–H and O–H groups in total. The average molecular weight is 499 g/mol. The highest BCUT2D eigenvalue weighted by atomic mass is 32.2. The minimum absolute atomic E-state index is 0.0481.